The van der Waals surface area contributed by atoms with Gasteiger partial charge in [-0.2, -0.15) is 0 Å². The van der Waals surface area contributed by atoms with Crippen molar-refractivity contribution < 1.29 is 14.3 Å². The minimum Gasteiger partial charge on any atom is -0.489 e. The molecule has 2 aromatic rings. The van der Waals surface area contributed by atoms with Gasteiger partial charge in [-0.05, 0) is 43.7 Å². The van der Waals surface area contributed by atoms with E-state index in [4.69, 9.17) is 4.74 Å². The number of benzene rings is 2. The van der Waals surface area contributed by atoms with Gasteiger partial charge in [-0.3, -0.25) is 9.59 Å². The Kier molecular flexibility index (Phi) is 6.37. The van der Waals surface area contributed by atoms with E-state index in [9.17, 15) is 9.59 Å². The van der Waals surface area contributed by atoms with Crippen molar-refractivity contribution in [3.63, 3.8) is 0 Å². The zero-order chi connectivity index (χ0) is 17.4. The number of carbonyl (C=O) groups excluding carboxylic acids is 2. The van der Waals surface area contributed by atoms with Gasteiger partial charge in [-0.25, -0.2) is 0 Å². The van der Waals surface area contributed by atoms with Crippen LogP contribution >= 0.6 is 0 Å². The molecule has 2 N–H and O–H groups in total. The summed E-state index contributed by atoms with van der Waals surface area (Å²) in [6, 6.07) is 16.1. The molecule has 2 aromatic carbocycles. The first-order valence-corrected chi connectivity index (χ1v) is 7.95. The molecule has 2 rings (SSSR count). The van der Waals surface area contributed by atoms with Crippen LogP contribution < -0.4 is 15.4 Å². The van der Waals surface area contributed by atoms with E-state index in [-0.39, 0.29) is 11.8 Å². The van der Waals surface area contributed by atoms with Crippen LogP contribution in [0.3, 0.4) is 0 Å². The van der Waals surface area contributed by atoms with Crippen LogP contribution in [0.15, 0.2) is 54.6 Å². The van der Waals surface area contributed by atoms with Crippen molar-refractivity contribution in [3.05, 3.63) is 65.7 Å². The van der Waals surface area contributed by atoms with E-state index in [0.29, 0.717) is 24.5 Å². The minimum absolute atomic E-state index is 0.200. The summed E-state index contributed by atoms with van der Waals surface area (Å²) in [6.07, 6.45) is 0. The predicted octanol–water partition coefficient (Wildman–Crippen LogP) is 2.52. The van der Waals surface area contributed by atoms with Crippen LogP contribution in [-0.2, 0) is 11.4 Å². The first-order chi connectivity index (χ1) is 11.6. The summed E-state index contributed by atoms with van der Waals surface area (Å²) < 4.78 is 5.68. The summed E-state index contributed by atoms with van der Waals surface area (Å²) in [5, 5.41) is 5.34. The Morgan fingerprint density at radius 1 is 1.04 bits per heavy atom. The zero-order valence-electron chi connectivity index (χ0n) is 13.9. The predicted molar refractivity (Wildman–Crippen MR) is 92.8 cm³/mol. The van der Waals surface area contributed by atoms with Crippen LogP contribution in [0.25, 0.3) is 0 Å². The second kappa shape index (κ2) is 8.72. The first kappa shape index (κ1) is 17.5. The van der Waals surface area contributed by atoms with Gasteiger partial charge in [-0.15, -0.1) is 0 Å². The van der Waals surface area contributed by atoms with E-state index in [0.717, 1.165) is 5.56 Å². The lowest BCUT2D eigenvalue weighted by Crippen LogP contribution is -2.44. The second-order valence-corrected chi connectivity index (χ2v) is 5.39. The largest absolute Gasteiger partial charge is 0.489 e. The van der Waals surface area contributed by atoms with Crippen molar-refractivity contribution in [1.29, 1.82) is 0 Å². The zero-order valence-corrected chi connectivity index (χ0v) is 13.9. The molecular formula is C19H22N2O3. The molecule has 0 aliphatic rings. The SMILES string of the molecule is CCNC(=O)[C@@H](C)NC(=O)c1ccc(OCc2ccccc2)cc1. The molecule has 1 atom stereocenters. The van der Waals surface area contributed by atoms with Gasteiger partial charge >= 0.3 is 0 Å². The lowest BCUT2D eigenvalue weighted by molar-refractivity contribution is -0.122. The van der Waals surface area contributed by atoms with E-state index in [2.05, 4.69) is 10.6 Å². The fraction of sp³-hybridized carbons (Fsp3) is 0.263. The fourth-order valence-electron chi connectivity index (χ4n) is 2.12. The van der Waals surface area contributed by atoms with Crippen LogP contribution in [0, 0.1) is 0 Å². The highest BCUT2D eigenvalue weighted by atomic mass is 16.5. The molecule has 0 spiro atoms. The standard InChI is InChI=1S/C19H22N2O3/c1-3-20-18(22)14(2)21-19(23)16-9-11-17(12-10-16)24-13-15-7-5-4-6-8-15/h4-12,14H,3,13H2,1-2H3,(H,20,22)(H,21,23)/t14-/m1/s1. The molecule has 0 saturated heterocycles. The fourth-order valence-corrected chi connectivity index (χ4v) is 2.12. The summed E-state index contributed by atoms with van der Waals surface area (Å²) in [7, 11) is 0. The Morgan fingerprint density at radius 2 is 1.71 bits per heavy atom. The molecule has 5 heteroatoms. The molecule has 0 bridgehead atoms. The summed E-state index contributed by atoms with van der Waals surface area (Å²) in [5.74, 6) is 0.198. The Morgan fingerprint density at radius 3 is 2.33 bits per heavy atom. The maximum Gasteiger partial charge on any atom is 0.251 e. The quantitative estimate of drug-likeness (QED) is 0.821. The highest BCUT2D eigenvalue weighted by molar-refractivity contribution is 5.97. The van der Waals surface area contributed by atoms with Crippen molar-refractivity contribution in [2.45, 2.75) is 26.5 Å². The summed E-state index contributed by atoms with van der Waals surface area (Å²) in [6.45, 7) is 4.49. The van der Waals surface area contributed by atoms with Crippen molar-refractivity contribution in [2.75, 3.05) is 6.54 Å². The van der Waals surface area contributed by atoms with E-state index in [1.54, 1.807) is 31.2 Å². The third-order valence-electron chi connectivity index (χ3n) is 3.46. The number of hydrogen-bond acceptors (Lipinski definition) is 3. The van der Waals surface area contributed by atoms with Crippen molar-refractivity contribution in [1.82, 2.24) is 10.6 Å². The van der Waals surface area contributed by atoms with Gasteiger partial charge < -0.3 is 15.4 Å². The number of rotatable bonds is 7. The molecular weight excluding hydrogens is 304 g/mol. The highest BCUT2D eigenvalue weighted by Crippen LogP contribution is 2.14. The highest BCUT2D eigenvalue weighted by Gasteiger charge is 2.15. The molecule has 0 saturated carbocycles. The second-order valence-electron chi connectivity index (χ2n) is 5.39. The molecule has 0 aliphatic heterocycles. The average molecular weight is 326 g/mol. The van der Waals surface area contributed by atoms with E-state index in [1.807, 2.05) is 37.3 Å². The van der Waals surface area contributed by atoms with Crippen LogP contribution in [0.1, 0.15) is 29.8 Å². The van der Waals surface area contributed by atoms with E-state index < -0.39 is 6.04 Å². The number of ether oxygens (including phenoxy) is 1. The maximum atomic E-state index is 12.1. The van der Waals surface area contributed by atoms with Gasteiger partial charge in [0.1, 0.15) is 18.4 Å². The average Bonchev–Trinajstić information content (AvgIpc) is 2.61. The Balaban J connectivity index is 1.89. The third-order valence-corrected chi connectivity index (χ3v) is 3.46. The maximum absolute atomic E-state index is 12.1. The summed E-state index contributed by atoms with van der Waals surface area (Å²) >= 11 is 0. The lowest BCUT2D eigenvalue weighted by atomic mass is 10.2. The lowest BCUT2D eigenvalue weighted by Gasteiger charge is -2.13. The monoisotopic (exact) mass is 326 g/mol. The Bertz CT molecular complexity index is 669. The van der Waals surface area contributed by atoms with Gasteiger partial charge in [0, 0.05) is 12.1 Å². The number of amides is 2. The van der Waals surface area contributed by atoms with Gasteiger partial charge in [0.15, 0.2) is 0 Å². The van der Waals surface area contributed by atoms with Crippen LogP contribution in [-0.4, -0.2) is 24.4 Å². The molecule has 0 aromatic heterocycles. The molecule has 0 heterocycles. The van der Waals surface area contributed by atoms with Gasteiger partial charge in [0.2, 0.25) is 5.91 Å². The number of likely N-dealkylation sites (N-methyl/N-ethyl adjacent to an activating group) is 1. The van der Waals surface area contributed by atoms with Crippen molar-refractivity contribution >= 4 is 11.8 Å². The smallest absolute Gasteiger partial charge is 0.251 e. The molecule has 0 fully saturated rings. The van der Waals surface area contributed by atoms with E-state index in [1.165, 1.54) is 0 Å². The first-order valence-electron chi connectivity index (χ1n) is 7.95. The Labute approximate surface area is 142 Å². The molecule has 126 valence electrons. The van der Waals surface area contributed by atoms with E-state index >= 15 is 0 Å². The third kappa shape index (κ3) is 5.12. The minimum atomic E-state index is -0.577. The number of hydrogen-bond donors (Lipinski definition) is 2. The summed E-state index contributed by atoms with van der Waals surface area (Å²) in [5.41, 5.74) is 1.56. The molecule has 24 heavy (non-hydrogen) atoms. The molecule has 0 unspecified atom stereocenters. The van der Waals surface area contributed by atoms with Gasteiger partial charge in [0.25, 0.3) is 5.91 Å². The molecule has 0 aliphatic carbocycles. The molecule has 5 nitrogen and oxygen atoms in total. The number of carbonyl (C=O) groups is 2. The van der Waals surface area contributed by atoms with Crippen LogP contribution in [0.4, 0.5) is 0 Å². The van der Waals surface area contributed by atoms with Crippen molar-refractivity contribution in [2.24, 2.45) is 0 Å². The van der Waals surface area contributed by atoms with Crippen LogP contribution in [0.5, 0.6) is 5.75 Å². The molecule has 2 amide bonds. The Hall–Kier alpha value is -2.82. The topological polar surface area (TPSA) is 67.4 Å². The van der Waals surface area contributed by atoms with Gasteiger partial charge in [0.05, 0.1) is 0 Å². The normalized spacial score (nSPS) is 11.4. The van der Waals surface area contributed by atoms with Gasteiger partial charge in [-0.1, -0.05) is 30.3 Å². The van der Waals surface area contributed by atoms with Crippen molar-refractivity contribution in [3.8, 4) is 5.75 Å². The summed E-state index contributed by atoms with van der Waals surface area (Å²) in [4.78, 5) is 23.8. The number of nitrogens with one attached hydrogen (secondary N) is 2. The van der Waals surface area contributed by atoms with Crippen LogP contribution in [0.2, 0.25) is 0 Å². The molecule has 0 radical (unpaired) electrons.